The van der Waals surface area contributed by atoms with E-state index in [4.69, 9.17) is 0 Å². The van der Waals surface area contributed by atoms with Gasteiger partial charge >= 0.3 is 0 Å². The molecule has 0 fully saturated rings. The van der Waals surface area contributed by atoms with E-state index in [0.717, 1.165) is 29.8 Å². The lowest BCUT2D eigenvalue weighted by Gasteiger charge is -1.98. The average Bonchev–Trinajstić information content (AvgIpc) is 2.39. The summed E-state index contributed by atoms with van der Waals surface area (Å²) in [7, 11) is -0.669. The monoisotopic (exact) mass is 192 g/mol. The van der Waals surface area contributed by atoms with Crippen molar-refractivity contribution < 1.29 is 4.21 Å². The van der Waals surface area contributed by atoms with E-state index in [-0.39, 0.29) is 0 Å². The molecule has 0 radical (unpaired) electrons. The summed E-state index contributed by atoms with van der Waals surface area (Å²) >= 11 is 1.66. The van der Waals surface area contributed by atoms with Gasteiger partial charge in [-0.1, -0.05) is 11.8 Å². The first-order chi connectivity index (χ1) is 5.29. The SMILES string of the molecule is CS(=O)CCSC1=NCCN1. The molecule has 0 spiro atoms. The minimum absolute atomic E-state index is 0.669. The van der Waals surface area contributed by atoms with E-state index in [2.05, 4.69) is 10.3 Å². The molecule has 1 heterocycles. The Kier molecular flexibility index (Phi) is 3.93. The van der Waals surface area contributed by atoms with Crippen molar-refractivity contribution >= 4 is 27.7 Å². The van der Waals surface area contributed by atoms with Gasteiger partial charge in [0.05, 0.1) is 6.54 Å². The van der Waals surface area contributed by atoms with E-state index in [1.165, 1.54) is 0 Å². The molecule has 0 amide bonds. The summed E-state index contributed by atoms with van der Waals surface area (Å²) in [6.07, 6.45) is 1.73. The van der Waals surface area contributed by atoms with Gasteiger partial charge in [0.25, 0.3) is 0 Å². The van der Waals surface area contributed by atoms with Crippen molar-refractivity contribution in [2.75, 3.05) is 30.9 Å². The molecule has 0 saturated carbocycles. The van der Waals surface area contributed by atoms with Crippen LogP contribution in [0.25, 0.3) is 0 Å². The summed E-state index contributed by atoms with van der Waals surface area (Å²) in [4.78, 5) is 4.20. The van der Waals surface area contributed by atoms with Crippen molar-refractivity contribution in [3.05, 3.63) is 0 Å². The van der Waals surface area contributed by atoms with Crippen LogP contribution in [0.3, 0.4) is 0 Å². The fourth-order valence-corrected chi connectivity index (χ4v) is 2.58. The predicted molar refractivity (Wildman–Crippen MR) is 51.7 cm³/mol. The van der Waals surface area contributed by atoms with Crippen LogP contribution in [0.15, 0.2) is 4.99 Å². The Morgan fingerprint density at radius 2 is 2.64 bits per heavy atom. The van der Waals surface area contributed by atoms with Crippen LogP contribution in [0, 0.1) is 0 Å². The van der Waals surface area contributed by atoms with Gasteiger partial charge in [0.15, 0.2) is 5.17 Å². The van der Waals surface area contributed by atoms with Crippen molar-refractivity contribution in [3.63, 3.8) is 0 Å². The minimum Gasteiger partial charge on any atom is -0.363 e. The van der Waals surface area contributed by atoms with Gasteiger partial charge in [-0.3, -0.25) is 9.20 Å². The molecule has 1 atom stereocenters. The first-order valence-corrected chi connectivity index (χ1v) is 6.21. The average molecular weight is 192 g/mol. The highest BCUT2D eigenvalue weighted by atomic mass is 32.2. The number of aliphatic imine (C=N–C) groups is 1. The molecule has 1 unspecified atom stereocenters. The standard InChI is InChI=1S/C6H12N2OS2/c1-11(9)5-4-10-6-7-2-3-8-6/h2-5H2,1H3,(H,7,8). The molecule has 0 bridgehead atoms. The third-order valence-corrected chi connectivity index (χ3v) is 3.25. The summed E-state index contributed by atoms with van der Waals surface area (Å²) in [5.74, 6) is 1.65. The zero-order valence-electron chi connectivity index (χ0n) is 6.50. The van der Waals surface area contributed by atoms with Crippen molar-refractivity contribution in [1.29, 1.82) is 0 Å². The number of rotatable bonds is 3. The summed E-state index contributed by atoms with van der Waals surface area (Å²) in [5.41, 5.74) is 0. The second kappa shape index (κ2) is 4.77. The van der Waals surface area contributed by atoms with E-state index >= 15 is 0 Å². The highest BCUT2D eigenvalue weighted by Crippen LogP contribution is 2.04. The number of nitrogens with one attached hydrogen (secondary N) is 1. The molecule has 11 heavy (non-hydrogen) atoms. The van der Waals surface area contributed by atoms with Crippen LogP contribution >= 0.6 is 11.8 Å². The first kappa shape index (κ1) is 9.06. The lowest BCUT2D eigenvalue weighted by Crippen LogP contribution is -2.16. The van der Waals surface area contributed by atoms with Crippen LogP contribution in [0.2, 0.25) is 0 Å². The lowest BCUT2D eigenvalue weighted by molar-refractivity contribution is 0.687. The van der Waals surface area contributed by atoms with Gasteiger partial charge in [0, 0.05) is 35.1 Å². The summed E-state index contributed by atoms with van der Waals surface area (Å²) in [5, 5.41) is 4.15. The fourth-order valence-electron chi connectivity index (χ4n) is 0.729. The largest absolute Gasteiger partial charge is 0.363 e. The summed E-state index contributed by atoms with van der Waals surface area (Å²) in [6.45, 7) is 1.84. The first-order valence-electron chi connectivity index (χ1n) is 3.50. The van der Waals surface area contributed by atoms with Crippen molar-refractivity contribution in [3.8, 4) is 0 Å². The molecule has 1 aliphatic rings. The van der Waals surface area contributed by atoms with Gasteiger partial charge in [-0.05, 0) is 0 Å². The Bertz CT molecular complexity index is 181. The van der Waals surface area contributed by atoms with Crippen molar-refractivity contribution in [1.82, 2.24) is 5.32 Å². The number of hydrogen-bond donors (Lipinski definition) is 1. The topological polar surface area (TPSA) is 41.5 Å². The van der Waals surface area contributed by atoms with Crippen molar-refractivity contribution in [2.24, 2.45) is 4.99 Å². The highest BCUT2D eigenvalue weighted by molar-refractivity contribution is 8.14. The van der Waals surface area contributed by atoms with Crippen molar-refractivity contribution in [2.45, 2.75) is 0 Å². The maximum atomic E-state index is 10.7. The quantitative estimate of drug-likeness (QED) is 0.687. The van der Waals surface area contributed by atoms with Crippen LogP contribution < -0.4 is 5.32 Å². The lowest BCUT2D eigenvalue weighted by atomic mass is 10.7. The molecule has 1 rings (SSSR count). The Balaban J connectivity index is 2.07. The number of nitrogens with zero attached hydrogens (tertiary/aromatic N) is 1. The Labute approximate surface area is 73.5 Å². The third-order valence-electron chi connectivity index (χ3n) is 1.25. The zero-order chi connectivity index (χ0) is 8.10. The van der Waals surface area contributed by atoms with Crippen LogP contribution in [-0.4, -0.2) is 40.2 Å². The zero-order valence-corrected chi connectivity index (χ0v) is 8.13. The smallest absolute Gasteiger partial charge is 0.156 e. The summed E-state index contributed by atoms with van der Waals surface area (Å²) < 4.78 is 10.7. The second-order valence-corrected chi connectivity index (χ2v) is 4.88. The molecule has 0 aromatic rings. The normalized spacial score (nSPS) is 19.2. The van der Waals surface area contributed by atoms with E-state index in [0.29, 0.717) is 0 Å². The van der Waals surface area contributed by atoms with Gasteiger partial charge < -0.3 is 5.32 Å². The van der Waals surface area contributed by atoms with E-state index in [1.807, 2.05) is 0 Å². The second-order valence-electron chi connectivity index (χ2n) is 2.24. The number of thioether (sulfide) groups is 1. The van der Waals surface area contributed by atoms with Gasteiger partial charge in [-0.15, -0.1) is 0 Å². The molecule has 5 heteroatoms. The molecule has 1 aliphatic heterocycles. The van der Waals surface area contributed by atoms with Crippen LogP contribution in [0.4, 0.5) is 0 Å². The van der Waals surface area contributed by atoms with E-state index < -0.39 is 10.8 Å². The molecule has 0 aromatic heterocycles. The van der Waals surface area contributed by atoms with E-state index in [9.17, 15) is 4.21 Å². The Morgan fingerprint density at radius 3 is 3.18 bits per heavy atom. The van der Waals surface area contributed by atoms with Gasteiger partial charge in [-0.25, -0.2) is 0 Å². The molecule has 1 N–H and O–H groups in total. The maximum Gasteiger partial charge on any atom is 0.156 e. The molecule has 0 saturated heterocycles. The van der Waals surface area contributed by atoms with Crippen LogP contribution in [0.1, 0.15) is 0 Å². The molecule has 0 aliphatic carbocycles. The number of hydrogen-bond acceptors (Lipinski definition) is 4. The maximum absolute atomic E-state index is 10.7. The Hall–Kier alpha value is -0.0300. The highest BCUT2D eigenvalue weighted by Gasteiger charge is 2.04. The van der Waals surface area contributed by atoms with Gasteiger partial charge in [-0.2, -0.15) is 0 Å². The van der Waals surface area contributed by atoms with Gasteiger partial charge in [0.1, 0.15) is 0 Å². The molecular formula is C6H12N2OS2. The molecule has 0 aromatic carbocycles. The molecule has 3 nitrogen and oxygen atoms in total. The fraction of sp³-hybridized carbons (Fsp3) is 0.833. The molecular weight excluding hydrogens is 180 g/mol. The number of amidine groups is 1. The molecule has 64 valence electrons. The third kappa shape index (κ3) is 3.76. The van der Waals surface area contributed by atoms with Crippen LogP contribution in [-0.2, 0) is 10.8 Å². The van der Waals surface area contributed by atoms with Crippen LogP contribution in [0.5, 0.6) is 0 Å². The minimum atomic E-state index is -0.669. The Morgan fingerprint density at radius 1 is 1.82 bits per heavy atom. The van der Waals surface area contributed by atoms with Gasteiger partial charge in [0.2, 0.25) is 0 Å². The van der Waals surface area contributed by atoms with E-state index in [1.54, 1.807) is 18.0 Å². The predicted octanol–water partition coefficient (Wildman–Crippen LogP) is 0.0573. The summed E-state index contributed by atoms with van der Waals surface area (Å²) in [6, 6.07) is 0.